The van der Waals surface area contributed by atoms with Crippen LogP contribution in [0.4, 0.5) is 0 Å². The van der Waals surface area contributed by atoms with E-state index in [-0.39, 0.29) is 13.2 Å². The van der Waals surface area contributed by atoms with Crippen molar-refractivity contribution in [3.8, 4) is 5.75 Å². The van der Waals surface area contributed by atoms with Gasteiger partial charge in [-0.1, -0.05) is 12.1 Å². The topological polar surface area (TPSA) is 93.4 Å². The standard InChI is InChI=1S/C15H23NO5/c1-9-5-10(3-4-13(9)21-2)6-16-7-12(18)15(20)14(19)11(16)8-17/h3-5,11-12,14-15,17-20H,6-8H2,1-2H3/t11-,12+,14+,15-/m1/s1. The number of methoxy groups -OCH3 is 1. The van der Waals surface area contributed by atoms with Gasteiger partial charge in [0.25, 0.3) is 0 Å². The molecule has 0 saturated carbocycles. The zero-order valence-electron chi connectivity index (χ0n) is 12.3. The Morgan fingerprint density at radius 3 is 2.52 bits per heavy atom. The highest BCUT2D eigenvalue weighted by Crippen LogP contribution is 2.24. The summed E-state index contributed by atoms with van der Waals surface area (Å²) in [5.41, 5.74) is 1.98. The fraction of sp³-hybridized carbons (Fsp3) is 0.600. The van der Waals surface area contributed by atoms with Gasteiger partial charge in [-0.3, -0.25) is 4.90 Å². The van der Waals surface area contributed by atoms with Crippen LogP contribution in [0.5, 0.6) is 5.75 Å². The van der Waals surface area contributed by atoms with Crippen LogP contribution in [0.3, 0.4) is 0 Å². The van der Waals surface area contributed by atoms with Crippen molar-refractivity contribution >= 4 is 0 Å². The molecule has 1 aliphatic heterocycles. The predicted molar refractivity (Wildman–Crippen MR) is 77.0 cm³/mol. The molecule has 0 amide bonds. The molecule has 0 aromatic heterocycles. The summed E-state index contributed by atoms with van der Waals surface area (Å²) in [6.45, 7) is 2.33. The molecule has 6 heteroatoms. The molecular weight excluding hydrogens is 274 g/mol. The number of aliphatic hydroxyl groups is 4. The molecule has 21 heavy (non-hydrogen) atoms. The fourth-order valence-electron chi connectivity index (χ4n) is 2.83. The van der Waals surface area contributed by atoms with Gasteiger partial charge in [0.2, 0.25) is 0 Å². The van der Waals surface area contributed by atoms with E-state index in [0.717, 1.165) is 16.9 Å². The Bertz CT molecular complexity index is 481. The molecular formula is C15H23NO5. The van der Waals surface area contributed by atoms with Crippen LogP contribution in [0, 0.1) is 6.92 Å². The Balaban J connectivity index is 2.15. The van der Waals surface area contributed by atoms with Crippen molar-refractivity contribution in [1.82, 2.24) is 4.90 Å². The molecule has 118 valence electrons. The summed E-state index contributed by atoms with van der Waals surface area (Å²) in [5, 5.41) is 38.9. The van der Waals surface area contributed by atoms with E-state index in [2.05, 4.69) is 0 Å². The Labute approximate surface area is 124 Å². The monoisotopic (exact) mass is 297 g/mol. The number of ether oxygens (including phenoxy) is 1. The molecule has 1 aromatic carbocycles. The van der Waals surface area contributed by atoms with Gasteiger partial charge in [0.1, 0.15) is 18.0 Å². The van der Waals surface area contributed by atoms with E-state index in [1.807, 2.05) is 25.1 Å². The molecule has 1 aromatic rings. The summed E-state index contributed by atoms with van der Waals surface area (Å²) in [6, 6.07) is 5.15. The van der Waals surface area contributed by atoms with Gasteiger partial charge in [-0.2, -0.15) is 0 Å². The summed E-state index contributed by atoms with van der Waals surface area (Å²) < 4.78 is 5.21. The van der Waals surface area contributed by atoms with Gasteiger partial charge in [-0.15, -0.1) is 0 Å². The van der Waals surface area contributed by atoms with Gasteiger partial charge in [0.15, 0.2) is 0 Å². The van der Waals surface area contributed by atoms with Crippen molar-refractivity contribution in [3.05, 3.63) is 29.3 Å². The number of aryl methyl sites for hydroxylation is 1. The molecule has 2 rings (SSSR count). The molecule has 4 N–H and O–H groups in total. The van der Waals surface area contributed by atoms with E-state index in [4.69, 9.17) is 4.74 Å². The van der Waals surface area contributed by atoms with Crippen LogP contribution in [0.2, 0.25) is 0 Å². The highest BCUT2D eigenvalue weighted by molar-refractivity contribution is 5.36. The molecule has 6 nitrogen and oxygen atoms in total. The van der Waals surface area contributed by atoms with Crippen molar-refractivity contribution in [2.75, 3.05) is 20.3 Å². The number of benzene rings is 1. The summed E-state index contributed by atoms with van der Waals surface area (Å²) in [7, 11) is 1.61. The number of likely N-dealkylation sites (tertiary alicyclic amines) is 1. The van der Waals surface area contributed by atoms with Crippen LogP contribution in [0.25, 0.3) is 0 Å². The Morgan fingerprint density at radius 1 is 1.24 bits per heavy atom. The second-order valence-electron chi connectivity index (χ2n) is 5.53. The number of β-amino-alcohol motifs (C(OH)–C–C–N with tert-alkyl or cyclic N) is 1. The maximum Gasteiger partial charge on any atom is 0.121 e. The lowest BCUT2D eigenvalue weighted by Crippen LogP contribution is -2.62. The zero-order valence-corrected chi connectivity index (χ0v) is 12.3. The second kappa shape index (κ2) is 6.72. The lowest BCUT2D eigenvalue weighted by atomic mass is 9.93. The molecule has 0 spiro atoms. The Morgan fingerprint density at radius 2 is 1.95 bits per heavy atom. The molecule has 0 aliphatic carbocycles. The molecule has 1 saturated heterocycles. The number of hydrogen-bond acceptors (Lipinski definition) is 6. The third kappa shape index (κ3) is 3.36. The predicted octanol–water partition coefficient (Wildman–Crippen LogP) is -0.737. The first-order valence-electron chi connectivity index (χ1n) is 7.00. The van der Waals surface area contributed by atoms with Crippen LogP contribution >= 0.6 is 0 Å². The Hall–Kier alpha value is -1.18. The highest BCUT2D eigenvalue weighted by atomic mass is 16.5. The van der Waals surface area contributed by atoms with Crippen LogP contribution < -0.4 is 4.74 Å². The first kappa shape index (κ1) is 16.2. The van der Waals surface area contributed by atoms with Crippen LogP contribution in [0.15, 0.2) is 18.2 Å². The second-order valence-corrected chi connectivity index (χ2v) is 5.53. The van der Waals surface area contributed by atoms with Crippen molar-refractivity contribution in [2.24, 2.45) is 0 Å². The number of piperidine rings is 1. The van der Waals surface area contributed by atoms with E-state index in [1.165, 1.54) is 0 Å². The maximum absolute atomic E-state index is 9.96. The van der Waals surface area contributed by atoms with E-state index in [0.29, 0.717) is 6.54 Å². The largest absolute Gasteiger partial charge is 0.496 e. The van der Waals surface area contributed by atoms with Gasteiger partial charge < -0.3 is 25.2 Å². The molecule has 1 fully saturated rings. The van der Waals surface area contributed by atoms with Gasteiger partial charge >= 0.3 is 0 Å². The lowest BCUT2D eigenvalue weighted by molar-refractivity contribution is -0.147. The maximum atomic E-state index is 9.96. The summed E-state index contributed by atoms with van der Waals surface area (Å²) in [4.78, 5) is 1.78. The first-order chi connectivity index (χ1) is 9.97. The van der Waals surface area contributed by atoms with Crippen molar-refractivity contribution in [2.45, 2.75) is 37.8 Å². The fourth-order valence-corrected chi connectivity index (χ4v) is 2.83. The van der Waals surface area contributed by atoms with E-state index >= 15 is 0 Å². The number of rotatable bonds is 4. The third-order valence-electron chi connectivity index (χ3n) is 4.06. The van der Waals surface area contributed by atoms with Gasteiger partial charge in [-0.25, -0.2) is 0 Å². The normalized spacial score (nSPS) is 30.4. The van der Waals surface area contributed by atoms with Crippen LogP contribution in [-0.2, 0) is 6.54 Å². The highest BCUT2D eigenvalue weighted by Gasteiger charge is 2.40. The summed E-state index contributed by atoms with van der Waals surface area (Å²) >= 11 is 0. The number of aliphatic hydroxyl groups excluding tert-OH is 4. The Kier molecular flexibility index (Phi) is 5.18. The van der Waals surface area contributed by atoms with Crippen molar-refractivity contribution in [3.63, 3.8) is 0 Å². The minimum Gasteiger partial charge on any atom is -0.496 e. The minimum atomic E-state index is -1.23. The number of nitrogens with zero attached hydrogens (tertiary/aromatic N) is 1. The molecule has 0 bridgehead atoms. The van der Waals surface area contributed by atoms with Gasteiger partial charge in [0, 0.05) is 13.1 Å². The van der Waals surface area contributed by atoms with Gasteiger partial charge in [0.05, 0.1) is 25.9 Å². The molecule has 1 heterocycles. The summed E-state index contributed by atoms with van der Waals surface area (Å²) in [5.74, 6) is 0.798. The van der Waals surface area contributed by atoms with E-state index in [9.17, 15) is 20.4 Å². The summed E-state index contributed by atoms with van der Waals surface area (Å²) in [6.07, 6.45) is -3.42. The zero-order chi connectivity index (χ0) is 15.6. The van der Waals surface area contributed by atoms with Gasteiger partial charge in [-0.05, 0) is 24.1 Å². The van der Waals surface area contributed by atoms with Crippen molar-refractivity contribution in [1.29, 1.82) is 0 Å². The molecule has 0 unspecified atom stereocenters. The average molecular weight is 297 g/mol. The van der Waals surface area contributed by atoms with E-state index < -0.39 is 24.4 Å². The molecule has 0 radical (unpaired) electrons. The number of hydrogen-bond donors (Lipinski definition) is 4. The molecule has 4 atom stereocenters. The molecule has 1 aliphatic rings. The minimum absolute atomic E-state index is 0.203. The van der Waals surface area contributed by atoms with E-state index in [1.54, 1.807) is 12.0 Å². The smallest absolute Gasteiger partial charge is 0.121 e. The third-order valence-corrected chi connectivity index (χ3v) is 4.06. The van der Waals surface area contributed by atoms with Crippen molar-refractivity contribution < 1.29 is 25.2 Å². The quantitative estimate of drug-likeness (QED) is 0.585. The average Bonchev–Trinajstić information content (AvgIpc) is 2.45. The first-order valence-corrected chi connectivity index (χ1v) is 7.00. The van der Waals surface area contributed by atoms with Crippen LogP contribution in [-0.4, -0.2) is 69.9 Å². The SMILES string of the molecule is COc1ccc(CN2C[C@H](O)[C@@H](O)[C@@H](O)[C@H]2CO)cc1C. The van der Waals surface area contributed by atoms with Crippen LogP contribution in [0.1, 0.15) is 11.1 Å². The lowest BCUT2D eigenvalue weighted by Gasteiger charge is -2.43.